The Morgan fingerprint density at radius 3 is 2.61 bits per heavy atom. The maximum absolute atomic E-state index is 13.2. The predicted octanol–water partition coefficient (Wildman–Crippen LogP) is 2.63. The smallest absolute Gasteiger partial charge is 0.321 e. The lowest BCUT2D eigenvalue weighted by Gasteiger charge is -2.45. The van der Waals surface area contributed by atoms with E-state index in [1.54, 1.807) is 12.1 Å². The summed E-state index contributed by atoms with van der Waals surface area (Å²) < 4.78 is 23.4. The van der Waals surface area contributed by atoms with Crippen LogP contribution in [0.4, 0.5) is 4.39 Å². The number of hydrogen-bond acceptors (Lipinski definition) is 6. The maximum atomic E-state index is 13.2. The minimum Gasteiger partial charge on any atom is -0.468 e. The van der Waals surface area contributed by atoms with Crippen molar-refractivity contribution in [2.75, 3.05) is 13.7 Å². The lowest BCUT2D eigenvalue weighted by molar-refractivity contribution is -0.173. The van der Waals surface area contributed by atoms with Crippen LogP contribution in [0.25, 0.3) is 0 Å². The number of ketones is 1. The number of halogens is 1. The molecule has 2 heterocycles. The van der Waals surface area contributed by atoms with Crippen LogP contribution in [0, 0.1) is 11.2 Å². The van der Waals surface area contributed by atoms with E-state index in [2.05, 4.69) is 4.90 Å². The van der Waals surface area contributed by atoms with Crippen molar-refractivity contribution in [3.05, 3.63) is 35.6 Å². The van der Waals surface area contributed by atoms with Crippen molar-refractivity contribution in [1.29, 1.82) is 0 Å². The SMILES string of the molecule is CCCOC(=O)C[C@@]1(C(=O)OC)C(=O)C[C@H]2CC[C@@H]1N2Cc1ccc(F)cc1. The average Bonchev–Trinajstić information content (AvgIpc) is 3.00. The molecule has 2 aliphatic rings. The van der Waals surface area contributed by atoms with Crippen LogP contribution < -0.4 is 0 Å². The molecule has 1 aromatic rings. The summed E-state index contributed by atoms with van der Waals surface area (Å²) in [6.45, 7) is 2.60. The molecule has 0 amide bonds. The van der Waals surface area contributed by atoms with Crippen LogP contribution in [0.15, 0.2) is 24.3 Å². The molecule has 7 heteroatoms. The molecule has 3 atom stereocenters. The molecule has 0 aromatic heterocycles. The number of rotatable bonds is 7. The summed E-state index contributed by atoms with van der Waals surface area (Å²) in [4.78, 5) is 40.3. The highest BCUT2D eigenvalue weighted by Crippen LogP contribution is 2.48. The van der Waals surface area contributed by atoms with E-state index in [4.69, 9.17) is 9.47 Å². The van der Waals surface area contributed by atoms with E-state index in [0.29, 0.717) is 19.4 Å². The van der Waals surface area contributed by atoms with Crippen LogP contribution in [0.2, 0.25) is 0 Å². The quantitative estimate of drug-likeness (QED) is 0.526. The third kappa shape index (κ3) is 3.68. The fourth-order valence-corrected chi connectivity index (χ4v) is 4.52. The van der Waals surface area contributed by atoms with E-state index < -0.39 is 23.4 Å². The number of carbonyl (C=O) groups is 3. The van der Waals surface area contributed by atoms with Gasteiger partial charge in [-0.25, -0.2) is 4.39 Å². The molecule has 2 aliphatic heterocycles. The molecule has 6 nitrogen and oxygen atoms in total. The highest BCUT2D eigenvalue weighted by molar-refractivity contribution is 6.08. The Bertz CT molecular complexity index is 750. The van der Waals surface area contributed by atoms with Crippen molar-refractivity contribution in [3.63, 3.8) is 0 Å². The normalized spacial score (nSPS) is 26.9. The number of piperidine rings is 1. The molecule has 0 aliphatic carbocycles. The average molecular weight is 391 g/mol. The van der Waals surface area contributed by atoms with Gasteiger partial charge in [-0.2, -0.15) is 0 Å². The molecule has 0 unspecified atom stereocenters. The van der Waals surface area contributed by atoms with Crippen molar-refractivity contribution in [2.24, 2.45) is 5.41 Å². The molecule has 2 bridgehead atoms. The number of nitrogens with zero attached hydrogens (tertiary/aromatic N) is 1. The Balaban J connectivity index is 1.91. The number of ether oxygens (including phenoxy) is 2. The summed E-state index contributed by atoms with van der Waals surface area (Å²) in [6.07, 6.45) is 1.92. The number of esters is 2. The van der Waals surface area contributed by atoms with E-state index >= 15 is 0 Å². The Hall–Kier alpha value is -2.28. The molecular formula is C21H26FNO5. The summed E-state index contributed by atoms with van der Waals surface area (Å²) in [5.41, 5.74) is -0.660. The van der Waals surface area contributed by atoms with Gasteiger partial charge in [0, 0.05) is 25.0 Å². The van der Waals surface area contributed by atoms with Crippen molar-refractivity contribution in [1.82, 2.24) is 4.90 Å². The van der Waals surface area contributed by atoms with Gasteiger partial charge in [-0.1, -0.05) is 19.1 Å². The number of fused-ring (bicyclic) bond motifs is 2. The maximum Gasteiger partial charge on any atom is 0.321 e. The predicted molar refractivity (Wildman–Crippen MR) is 98.7 cm³/mol. The number of Topliss-reactive ketones (excluding diaryl/α,β-unsaturated/α-hetero) is 1. The molecule has 2 fully saturated rings. The molecule has 152 valence electrons. The summed E-state index contributed by atoms with van der Waals surface area (Å²) >= 11 is 0. The first-order valence-electron chi connectivity index (χ1n) is 9.70. The van der Waals surface area contributed by atoms with Gasteiger partial charge in [0.15, 0.2) is 11.2 Å². The van der Waals surface area contributed by atoms with Gasteiger partial charge in [0.1, 0.15) is 5.82 Å². The lowest BCUT2D eigenvalue weighted by atomic mass is 9.70. The van der Waals surface area contributed by atoms with Gasteiger partial charge in [0.25, 0.3) is 0 Å². The summed E-state index contributed by atoms with van der Waals surface area (Å²) in [5, 5.41) is 0. The van der Waals surface area contributed by atoms with Gasteiger partial charge in [-0.15, -0.1) is 0 Å². The topological polar surface area (TPSA) is 72.9 Å². The van der Waals surface area contributed by atoms with Crippen LogP contribution >= 0.6 is 0 Å². The number of hydrogen-bond donors (Lipinski definition) is 0. The molecule has 0 N–H and O–H groups in total. The molecule has 0 saturated carbocycles. The first-order chi connectivity index (χ1) is 13.4. The van der Waals surface area contributed by atoms with Crippen LogP contribution in [0.5, 0.6) is 0 Å². The summed E-state index contributed by atoms with van der Waals surface area (Å²) in [7, 11) is 1.24. The van der Waals surface area contributed by atoms with E-state index in [0.717, 1.165) is 12.0 Å². The van der Waals surface area contributed by atoms with Crippen molar-refractivity contribution < 1.29 is 28.2 Å². The van der Waals surface area contributed by atoms with Crippen LogP contribution in [-0.2, 0) is 30.4 Å². The van der Waals surface area contributed by atoms with E-state index in [1.165, 1.54) is 19.2 Å². The molecule has 28 heavy (non-hydrogen) atoms. The van der Waals surface area contributed by atoms with E-state index in [1.807, 2.05) is 6.92 Å². The van der Waals surface area contributed by atoms with Gasteiger partial charge < -0.3 is 9.47 Å². The number of benzene rings is 1. The van der Waals surface area contributed by atoms with Crippen LogP contribution in [0.3, 0.4) is 0 Å². The molecule has 3 rings (SSSR count). The van der Waals surface area contributed by atoms with E-state index in [-0.39, 0.29) is 37.1 Å². The number of carbonyl (C=O) groups excluding carboxylic acids is 3. The standard InChI is InChI=1S/C21H26FNO5/c1-3-10-28-19(25)12-21(20(26)27-2)17-9-8-16(11-18(21)24)23(17)13-14-4-6-15(22)7-5-14/h4-7,16-17H,3,8-13H2,1-2H3/t16-,17+,21+/m1/s1. The van der Waals surface area contributed by atoms with Crippen molar-refractivity contribution in [2.45, 2.75) is 57.7 Å². The monoisotopic (exact) mass is 391 g/mol. The second-order valence-electron chi connectivity index (χ2n) is 7.53. The van der Waals surface area contributed by atoms with Crippen LogP contribution in [0.1, 0.15) is 44.6 Å². The van der Waals surface area contributed by atoms with Gasteiger partial charge in [0.05, 0.1) is 20.1 Å². The minimum atomic E-state index is -1.55. The molecule has 0 spiro atoms. The molecule has 1 aromatic carbocycles. The second-order valence-corrected chi connectivity index (χ2v) is 7.53. The van der Waals surface area contributed by atoms with Gasteiger partial charge in [0.2, 0.25) is 0 Å². The Labute approximate surface area is 164 Å². The zero-order valence-corrected chi connectivity index (χ0v) is 16.3. The fraction of sp³-hybridized carbons (Fsp3) is 0.571. The Kier molecular flexibility index (Phi) is 6.13. The molecular weight excluding hydrogens is 365 g/mol. The van der Waals surface area contributed by atoms with Gasteiger partial charge in [-0.3, -0.25) is 19.3 Å². The number of methoxy groups -OCH3 is 1. The Morgan fingerprint density at radius 1 is 1.25 bits per heavy atom. The van der Waals surface area contributed by atoms with Gasteiger partial charge in [-0.05, 0) is 37.0 Å². The summed E-state index contributed by atoms with van der Waals surface area (Å²) in [6, 6.07) is 5.74. The first kappa shape index (κ1) is 20.5. The van der Waals surface area contributed by atoms with Gasteiger partial charge >= 0.3 is 11.9 Å². The van der Waals surface area contributed by atoms with E-state index in [9.17, 15) is 18.8 Å². The van der Waals surface area contributed by atoms with Crippen molar-refractivity contribution in [3.8, 4) is 0 Å². The second kappa shape index (κ2) is 8.39. The fourth-order valence-electron chi connectivity index (χ4n) is 4.52. The minimum absolute atomic E-state index is 0.00648. The first-order valence-corrected chi connectivity index (χ1v) is 9.70. The van der Waals surface area contributed by atoms with Crippen molar-refractivity contribution >= 4 is 17.7 Å². The third-order valence-corrected chi connectivity index (χ3v) is 5.85. The summed E-state index contributed by atoms with van der Waals surface area (Å²) in [5.74, 6) is -1.81. The molecule has 0 radical (unpaired) electrons. The highest BCUT2D eigenvalue weighted by Gasteiger charge is 2.62. The van der Waals surface area contributed by atoms with Crippen LogP contribution in [-0.4, -0.2) is 48.4 Å². The third-order valence-electron chi connectivity index (χ3n) is 5.85. The zero-order chi connectivity index (χ0) is 20.3. The Morgan fingerprint density at radius 2 is 1.96 bits per heavy atom. The lowest BCUT2D eigenvalue weighted by Crippen LogP contribution is -2.61. The zero-order valence-electron chi connectivity index (χ0n) is 16.3. The largest absolute Gasteiger partial charge is 0.468 e. The highest BCUT2D eigenvalue weighted by atomic mass is 19.1. The molecule has 2 saturated heterocycles.